The molecule has 0 aromatic carbocycles. The molecule has 3 nitrogen and oxygen atoms in total. The van der Waals surface area contributed by atoms with Crippen molar-refractivity contribution in [2.45, 2.75) is 33.0 Å². The first kappa shape index (κ1) is 7.54. The number of carbonyl (C=O) groups is 1. The number of carbonyl (C=O) groups excluding carboxylic acids is 1. The van der Waals surface area contributed by atoms with Crippen LogP contribution in [0.3, 0.4) is 0 Å². The van der Waals surface area contributed by atoms with Crippen molar-refractivity contribution in [3.05, 3.63) is 0 Å². The molecule has 0 spiro atoms. The van der Waals surface area contributed by atoms with Gasteiger partial charge in [-0.15, -0.1) is 0 Å². The van der Waals surface area contributed by atoms with Crippen LogP contribution in [0, 0.1) is 5.41 Å². The topological polar surface area (TPSA) is 46.5 Å². The highest BCUT2D eigenvalue weighted by atomic mass is 16.7. The lowest BCUT2D eigenvalue weighted by atomic mass is 9.89. The highest BCUT2D eigenvalue weighted by Crippen LogP contribution is 2.37. The van der Waals surface area contributed by atoms with E-state index in [4.69, 9.17) is 0 Å². The Hall–Kier alpha value is -0.570. The number of esters is 1. The van der Waals surface area contributed by atoms with Crippen molar-refractivity contribution < 1.29 is 14.6 Å². The van der Waals surface area contributed by atoms with Crippen molar-refractivity contribution in [2.75, 3.05) is 0 Å². The van der Waals surface area contributed by atoms with Gasteiger partial charge in [0.2, 0.25) is 5.79 Å². The molecule has 0 aromatic heterocycles. The lowest BCUT2D eigenvalue weighted by molar-refractivity contribution is -0.181. The molecule has 1 aliphatic rings. The maximum atomic E-state index is 10.9. The summed E-state index contributed by atoms with van der Waals surface area (Å²) in [4.78, 5) is 10.9. The Bertz CT molecular complexity index is 170. The molecule has 1 atom stereocenters. The maximum absolute atomic E-state index is 10.9. The fourth-order valence-corrected chi connectivity index (χ4v) is 1.27. The predicted molar refractivity (Wildman–Crippen MR) is 35.1 cm³/mol. The van der Waals surface area contributed by atoms with E-state index in [1.54, 1.807) is 13.8 Å². The summed E-state index contributed by atoms with van der Waals surface area (Å²) < 4.78 is 4.68. The van der Waals surface area contributed by atoms with Crippen molar-refractivity contribution in [1.29, 1.82) is 0 Å². The van der Waals surface area contributed by atoms with Crippen LogP contribution in [0.1, 0.15) is 27.2 Å². The summed E-state index contributed by atoms with van der Waals surface area (Å²) >= 11 is 0. The van der Waals surface area contributed by atoms with Crippen LogP contribution in [-0.2, 0) is 9.53 Å². The molecule has 1 heterocycles. The number of rotatable bonds is 0. The summed E-state index contributed by atoms with van der Waals surface area (Å²) in [5.41, 5.74) is -0.524. The van der Waals surface area contributed by atoms with E-state index in [1.807, 2.05) is 0 Å². The molecular weight excluding hydrogens is 132 g/mol. The van der Waals surface area contributed by atoms with Crippen molar-refractivity contribution in [1.82, 2.24) is 0 Å². The zero-order valence-electron chi connectivity index (χ0n) is 6.47. The van der Waals surface area contributed by atoms with Crippen LogP contribution in [0.15, 0.2) is 0 Å². The lowest BCUT2D eigenvalue weighted by Gasteiger charge is -2.14. The Morgan fingerprint density at radius 2 is 2.00 bits per heavy atom. The lowest BCUT2D eigenvalue weighted by Crippen LogP contribution is -2.22. The van der Waals surface area contributed by atoms with Crippen LogP contribution in [0.5, 0.6) is 0 Å². The molecule has 10 heavy (non-hydrogen) atoms. The van der Waals surface area contributed by atoms with E-state index in [9.17, 15) is 9.90 Å². The summed E-state index contributed by atoms with van der Waals surface area (Å²) in [6.45, 7) is 5.02. The molecule has 1 aliphatic heterocycles. The van der Waals surface area contributed by atoms with E-state index in [0.29, 0.717) is 6.42 Å². The van der Waals surface area contributed by atoms with Crippen molar-refractivity contribution in [3.63, 3.8) is 0 Å². The summed E-state index contributed by atoms with van der Waals surface area (Å²) in [6.07, 6.45) is 0.374. The van der Waals surface area contributed by atoms with Crippen LogP contribution in [0.25, 0.3) is 0 Å². The molecule has 0 aromatic rings. The highest BCUT2D eigenvalue weighted by Gasteiger charge is 2.47. The Morgan fingerprint density at radius 1 is 1.50 bits per heavy atom. The van der Waals surface area contributed by atoms with Gasteiger partial charge in [0.1, 0.15) is 0 Å². The predicted octanol–water partition coefficient (Wildman–Crippen LogP) is 0.668. The SMILES string of the molecule is CC1(O)CC(C)(C)C(=O)O1. The second-order valence-corrected chi connectivity index (χ2v) is 3.63. The van der Waals surface area contributed by atoms with Gasteiger partial charge in [-0.3, -0.25) is 4.79 Å². The molecule has 1 unspecified atom stereocenters. The molecule has 1 fully saturated rings. The quantitative estimate of drug-likeness (QED) is 0.508. The first-order valence-electron chi connectivity index (χ1n) is 3.29. The number of hydrogen-bond acceptors (Lipinski definition) is 3. The first-order chi connectivity index (χ1) is 4.33. The van der Waals surface area contributed by atoms with Crippen LogP contribution < -0.4 is 0 Å². The minimum absolute atomic E-state index is 0.322. The average molecular weight is 144 g/mol. The van der Waals surface area contributed by atoms with E-state index in [0.717, 1.165) is 0 Å². The number of cyclic esters (lactones) is 1. The molecule has 0 radical (unpaired) electrons. The van der Waals surface area contributed by atoms with E-state index < -0.39 is 11.2 Å². The highest BCUT2D eigenvalue weighted by molar-refractivity contribution is 5.78. The van der Waals surface area contributed by atoms with Gasteiger partial charge < -0.3 is 9.84 Å². The van der Waals surface area contributed by atoms with Gasteiger partial charge >= 0.3 is 5.97 Å². The van der Waals surface area contributed by atoms with Gasteiger partial charge in [0.05, 0.1) is 5.41 Å². The van der Waals surface area contributed by atoms with Crippen molar-refractivity contribution in [2.24, 2.45) is 5.41 Å². The second-order valence-electron chi connectivity index (χ2n) is 3.63. The molecule has 1 saturated heterocycles. The summed E-state index contributed by atoms with van der Waals surface area (Å²) in [5.74, 6) is -1.57. The molecule has 0 bridgehead atoms. The van der Waals surface area contributed by atoms with Gasteiger partial charge in [0.15, 0.2) is 0 Å². The van der Waals surface area contributed by atoms with Crippen LogP contribution in [0.4, 0.5) is 0 Å². The van der Waals surface area contributed by atoms with Gasteiger partial charge in [-0.25, -0.2) is 0 Å². The van der Waals surface area contributed by atoms with Gasteiger partial charge in [0, 0.05) is 13.3 Å². The minimum atomic E-state index is -1.25. The van der Waals surface area contributed by atoms with Gasteiger partial charge in [-0.1, -0.05) is 0 Å². The molecule has 0 aliphatic carbocycles. The number of aliphatic hydroxyl groups is 1. The third-order valence-corrected chi connectivity index (χ3v) is 1.64. The summed E-state index contributed by atoms with van der Waals surface area (Å²) in [7, 11) is 0. The van der Waals surface area contributed by atoms with Gasteiger partial charge in [-0.05, 0) is 13.8 Å². The third-order valence-electron chi connectivity index (χ3n) is 1.64. The fourth-order valence-electron chi connectivity index (χ4n) is 1.27. The van der Waals surface area contributed by atoms with Crippen molar-refractivity contribution >= 4 is 5.97 Å². The van der Waals surface area contributed by atoms with E-state index in [2.05, 4.69) is 4.74 Å². The van der Waals surface area contributed by atoms with Gasteiger partial charge in [-0.2, -0.15) is 0 Å². The number of hydrogen-bond donors (Lipinski definition) is 1. The molecule has 1 rings (SSSR count). The average Bonchev–Trinajstić information content (AvgIpc) is 1.73. The zero-order valence-corrected chi connectivity index (χ0v) is 6.47. The molecule has 58 valence electrons. The zero-order chi connectivity index (χ0) is 7.99. The van der Waals surface area contributed by atoms with Gasteiger partial charge in [0.25, 0.3) is 0 Å². The van der Waals surface area contributed by atoms with E-state index >= 15 is 0 Å². The van der Waals surface area contributed by atoms with E-state index in [1.165, 1.54) is 6.92 Å². The smallest absolute Gasteiger partial charge is 0.314 e. The second kappa shape index (κ2) is 1.72. The normalized spacial score (nSPS) is 37.8. The van der Waals surface area contributed by atoms with Crippen LogP contribution >= 0.6 is 0 Å². The van der Waals surface area contributed by atoms with Crippen molar-refractivity contribution in [3.8, 4) is 0 Å². The monoisotopic (exact) mass is 144 g/mol. The molecule has 3 heteroatoms. The fraction of sp³-hybridized carbons (Fsp3) is 0.857. The number of ether oxygens (including phenoxy) is 1. The Kier molecular flexibility index (Phi) is 1.30. The first-order valence-corrected chi connectivity index (χ1v) is 3.29. The maximum Gasteiger partial charge on any atom is 0.314 e. The molecule has 0 amide bonds. The largest absolute Gasteiger partial charge is 0.433 e. The Morgan fingerprint density at radius 3 is 2.10 bits per heavy atom. The minimum Gasteiger partial charge on any atom is -0.433 e. The standard InChI is InChI=1S/C7H12O3/c1-6(2)4-7(3,9)10-5(6)8/h9H,4H2,1-3H3. The van der Waals surface area contributed by atoms with Crippen LogP contribution in [0.2, 0.25) is 0 Å². The summed E-state index contributed by atoms with van der Waals surface area (Å²) in [5, 5.41) is 9.26. The van der Waals surface area contributed by atoms with Crippen LogP contribution in [-0.4, -0.2) is 16.9 Å². The molecular formula is C7H12O3. The molecule has 1 N–H and O–H groups in total. The third kappa shape index (κ3) is 1.14. The molecule has 0 saturated carbocycles. The Balaban J connectivity index is 2.81. The summed E-state index contributed by atoms with van der Waals surface area (Å²) in [6, 6.07) is 0. The Labute approximate surface area is 60.0 Å². The van der Waals surface area contributed by atoms with E-state index in [-0.39, 0.29) is 5.97 Å².